The van der Waals surface area contributed by atoms with Gasteiger partial charge >= 0.3 is 0 Å². The summed E-state index contributed by atoms with van der Waals surface area (Å²) in [4.78, 5) is 0. The maximum Gasteiger partial charge on any atom is 0.0899 e. The summed E-state index contributed by atoms with van der Waals surface area (Å²) in [6.07, 6.45) is 6.21. The number of nitrogens with zero attached hydrogens (tertiary/aromatic N) is 2. The third-order valence-electron chi connectivity index (χ3n) is 4.33. The van der Waals surface area contributed by atoms with Gasteiger partial charge in [0.05, 0.1) is 11.8 Å². The third-order valence-corrected chi connectivity index (χ3v) is 4.33. The predicted molar refractivity (Wildman–Crippen MR) is 79.7 cm³/mol. The van der Waals surface area contributed by atoms with E-state index in [9.17, 15) is 0 Å². The SMILES string of the molecule is Cn1cc(C2OCCC2CNC2CC2)c(C(C)(C)C)n1. The van der Waals surface area contributed by atoms with Crippen molar-refractivity contribution in [1.29, 1.82) is 0 Å². The number of aryl methyl sites for hydroxylation is 1. The molecule has 112 valence electrons. The molecule has 1 saturated heterocycles. The lowest BCUT2D eigenvalue weighted by molar-refractivity contribution is 0.0889. The standard InChI is InChI=1S/C16H27N3O/c1-16(2,3)15-13(10-19(4)18-15)14-11(7-8-20-14)9-17-12-5-6-12/h10-12,14,17H,5-9H2,1-4H3. The first-order valence-electron chi connectivity index (χ1n) is 7.84. The number of hydrogen-bond acceptors (Lipinski definition) is 3. The van der Waals surface area contributed by atoms with Crippen LogP contribution in [0.5, 0.6) is 0 Å². The van der Waals surface area contributed by atoms with Crippen LogP contribution in [0.15, 0.2) is 6.20 Å². The van der Waals surface area contributed by atoms with Crippen molar-refractivity contribution < 1.29 is 4.74 Å². The zero-order chi connectivity index (χ0) is 14.3. The zero-order valence-corrected chi connectivity index (χ0v) is 13.1. The van der Waals surface area contributed by atoms with Crippen LogP contribution in [0.25, 0.3) is 0 Å². The highest BCUT2D eigenvalue weighted by atomic mass is 16.5. The quantitative estimate of drug-likeness (QED) is 0.919. The van der Waals surface area contributed by atoms with E-state index < -0.39 is 0 Å². The minimum absolute atomic E-state index is 0.0665. The van der Waals surface area contributed by atoms with Crippen molar-refractivity contribution in [1.82, 2.24) is 15.1 Å². The Morgan fingerprint density at radius 2 is 2.10 bits per heavy atom. The van der Waals surface area contributed by atoms with Crippen molar-refractivity contribution in [2.75, 3.05) is 13.2 Å². The zero-order valence-electron chi connectivity index (χ0n) is 13.1. The fourth-order valence-corrected chi connectivity index (χ4v) is 3.09. The lowest BCUT2D eigenvalue weighted by atomic mass is 9.85. The fraction of sp³-hybridized carbons (Fsp3) is 0.812. The molecule has 1 aromatic heterocycles. The van der Waals surface area contributed by atoms with Gasteiger partial charge in [-0.2, -0.15) is 5.10 Å². The van der Waals surface area contributed by atoms with E-state index in [-0.39, 0.29) is 11.5 Å². The van der Waals surface area contributed by atoms with Gasteiger partial charge in [-0.1, -0.05) is 20.8 Å². The molecule has 1 N–H and O–H groups in total. The predicted octanol–water partition coefficient (Wildman–Crippen LogP) is 2.55. The van der Waals surface area contributed by atoms with Crippen molar-refractivity contribution in [2.45, 2.75) is 57.6 Å². The number of aromatic nitrogens is 2. The Morgan fingerprint density at radius 3 is 2.75 bits per heavy atom. The number of hydrogen-bond donors (Lipinski definition) is 1. The van der Waals surface area contributed by atoms with Gasteiger partial charge in [0, 0.05) is 49.3 Å². The maximum atomic E-state index is 6.06. The summed E-state index contributed by atoms with van der Waals surface area (Å²) < 4.78 is 7.99. The Morgan fingerprint density at radius 1 is 1.35 bits per heavy atom. The second-order valence-corrected chi connectivity index (χ2v) is 7.38. The Hall–Kier alpha value is -0.870. The molecular weight excluding hydrogens is 250 g/mol. The highest BCUT2D eigenvalue weighted by Crippen LogP contribution is 2.39. The molecule has 20 heavy (non-hydrogen) atoms. The van der Waals surface area contributed by atoms with Gasteiger partial charge < -0.3 is 10.1 Å². The average Bonchev–Trinajstić information content (AvgIpc) is 2.92. The monoisotopic (exact) mass is 277 g/mol. The molecule has 4 heteroatoms. The maximum absolute atomic E-state index is 6.06. The van der Waals surface area contributed by atoms with Gasteiger partial charge in [0.1, 0.15) is 0 Å². The lowest BCUT2D eigenvalue weighted by Gasteiger charge is -2.23. The van der Waals surface area contributed by atoms with Crippen LogP contribution in [-0.4, -0.2) is 29.0 Å². The summed E-state index contributed by atoms with van der Waals surface area (Å²) in [6, 6.07) is 0.771. The summed E-state index contributed by atoms with van der Waals surface area (Å²) in [5.41, 5.74) is 2.54. The van der Waals surface area contributed by atoms with Crippen molar-refractivity contribution in [3.8, 4) is 0 Å². The van der Waals surface area contributed by atoms with Crippen LogP contribution in [0.2, 0.25) is 0 Å². The van der Waals surface area contributed by atoms with E-state index in [4.69, 9.17) is 4.74 Å². The van der Waals surface area contributed by atoms with E-state index in [0.29, 0.717) is 5.92 Å². The normalized spacial score (nSPS) is 27.2. The van der Waals surface area contributed by atoms with Gasteiger partial charge in [0.25, 0.3) is 0 Å². The van der Waals surface area contributed by atoms with Crippen LogP contribution in [0.3, 0.4) is 0 Å². The molecule has 0 aromatic carbocycles. The number of rotatable bonds is 4. The topological polar surface area (TPSA) is 39.1 Å². The van der Waals surface area contributed by atoms with Gasteiger partial charge in [-0.3, -0.25) is 4.68 Å². The molecule has 2 aliphatic rings. The van der Waals surface area contributed by atoms with Gasteiger partial charge in [0.2, 0.25) is 0 Å². The van der Waals surface area contributed by atoms with Crippen LogP contribution in [0.1, 0.15) is 57.4 Å². The molecule has 1 aliphatic heterocycles. The molecule has 1 saturated carbocycles. The second kappa shape index (κ2) is 5.15. The molecule has 4 nitrogen and oxygen atoms in total. The molecule has 2 atom stereocenters. The molecule has 0 radical (unpaired) electrons. The van der Waals surface area contributed by atoms with Gasteiger partial charge in [-0.05, 0) is 19.3 Å². The Labute approximate surface area is 121 Å². The van der Waals surface area contributed by atoms with Crippen LogP contribution < -0.4 is 5.32 Å². The molecule has 3 rings (SSSR count). The Kier molecular flexibility index (Phi) is 3.63. The molecule has 0 spiro atoms. The molecule has 1 aromatic rings. The smallest absolute Gasteiger partial charge is 0.0899 e. The van der Waals surface area contributed by atoms with Crippen molar-refractivity contribution in [3.63, 3.8) is 0 Å². The first-order chi connectivity index (χ1) is 9.45. The third kappa shape index (κ3) is 2.91. The van der Waals surface area contributed by atoms with Crippen molar-refractivity contribution in [3.05, 3.63) is 17.5 Å². The Bertz CT molecular complexity index is 471. The van der Waals surface area contributed by atoms with Gasteiger partial charge in [0.15, 0.2) is 0 Å². The summed E-state index contributed by atoms with van der Waals surface area (Å²) in [6.45, 7) is 8.63. The largest absolute Gasteiger partial charge is 0.373 e. The van der Waals surface area contributed by atoms with Gasteiger partial charge in [-0.15, -0.1) is 0 Å². The van der Waals surface area contributed by atoms with Crippen LogP contribution in [0, 0.1) is 5.92 Å². The van der Waals surface area contributed by atoms with E-state index >= 15 is 0 Å². The molecule has 1 aliphatic carbocycles. The van der Waals surface area contributed by atoms with E-state index in [2.05, 4.69) is 37.4 Å². The van der Waals surface area contributed by atoms with Crippen molar-refractivity contribution >= 4 is 0 Å². The van der Waals surface area contributed by atoms with Crippen LogP contribution in [-0.2, 0) is 17.2 Å². The summed E-state index contributed by atoms with van der Waals surface area (Å²) >= 11 is 0. The van der Waals surface area contributed by atoms with E-state index in [0.717, 1.165) is 25.6 Å². The first-order valence-corrected chi connectivity index (χ1v) is 7.84. The highest BCUT2D eigenvalue weighted by Gasteiger charge is 2.36. The highest BCUT2D eigenvalue weighted by molar-refractivity contribution is 5.27. The first kappa shape index (κ1) is 14.1. The minimum Gasteiger partial charge on any atom is -0.373 e. The summed E-state index contributed by atoms with van der Waals surface area (Å²) in [7, 11) is 2.01. The van der Waals surface area contributed by atoms with E-state index in [1.54, 1.807) is 0 Å². The molecule has 2 fully saturated rings. The average molecular weight is 277 g/mol. The minimum atomic E-state index is 0.0665. The molecule has 0 bridgehead atoms. The fourth-order valence-electron chi connectivity index (χ4n) is 3.09. The molecule has 0 amide bonds. The number of ether oxygens (including phenoxy) is 1. The van der Waals surface area contributed by atoms with Crippen molar-refractivity contribution in [2.24, 2.45) is 13.0 Å². The van der Waals surface area contributed by atoms with E-state index in [1.165, 1.54) is 24.1 Å². The molecule has 2 heterocycles. The lowest BCUT2D eigenvalue weighted by Crippen LogP contribution is -2.27. The summed E-state index contributed by atoms with van der Waals surface area (Å²) in [5, 5.41) is 8.34. The van der Waals surface area contributed by atoms with Crippen LogP contribution >= 0.6 is 0 Å². The second-order valence-electron chi connectivity index (χ2n) is 7.38. The molecule has 2 unspecified atom stereocenters. The molecular formula is C16H27N3O. The number of nitrogens with one attached hydrogen (secondary N) is 1. The Balaban J connectivity index is 1.79. The summed E-state index contributed by atoms with van der Waals surface area (Å²) in [5.74, 6) is 0.584. The van der Waals surface area contributed by atoms with Crippen LogP contribution in [0.4, 0.5) is 0 Å². The van der Waals surface area contributed by atoms with Gasteiger partial charge in [-0.25, -0.2) is 0 Å². The van der Waals surface area contributed by atoms with E-state index in [1.807, 2.05) is 11.7 Å².